The highest BCUT2D eigenvalue weighted by atomic mass is 19.1. The molecule has 0 aliphatic carbocycles. The Kier molecular flexibility index (Phi) is 4.77. The van der Waals surface area contributed by atoms with Crippen LogP contribution in [0.5, 0.6) is 0 Å². The van der Waals surface area contributed by atoms with Crippen molar-refractivity contribution in [3.63, 3.8) is 0 Å². The van der Waals surface area contributed by atoms with Crippen LogP contribution in [-0.4, -0.2) is 35.0 Å². The lowest BCUT2D eigenvalue weighted by atomic mass is 10.0. The molecule has 138 valence electrons. The predicted molar refractivity (Wildman–Crippen MR) is 104 cm³/mol. The monoisotopic (exact) mass is 363 g/mol. The molecule has 1 fully saturated rings. The molecule has 2 heterocycles. The van der Waals surface area contributed by atoms with Crippen LogP contribution in [0.2, 0.25) is 0 Å². The fourth-order valence-corrected chi connectivity index (χ4v) is 3.73. The number of rotatable bonds is 3. The number of amides is 1. The van der Waals surface area contributed by atoms with Crippen LogP contribution in [0, 0.1) is 12.7 Å². The summed E-state index contributed by atoms with van der Waals surface area (Å²) in [5.41, 5.74) is 3.21. The highest BCUT2D eigenvalue weighted by Crippen LogP contribution is 2.25. The topological polar surface area (TPSA) is 37.3 Å². The fourth-order valence-electron chi connectivity index (χ4n) is 3.73. The summed E-state index contributed by atoms with van der Waals surface area (Å²) in [4.78, 5) is 15.1. The van der Waals surface area contributed by atoms with Crippen LogP contribution in [0.1, 0.15) is 27.5 Å². The third-order valence-electron chi connectivity index (χ3n) is 5.07. The molecule has 0 saturated carbocycles. The molecular formula is C22H22FN3O. The Labute approximate surface area is 158 Å². The van der Waals surface area contributed by atoms with Crippen LogP contribution < -0.4 is 5.32 Å². The van der Waals surface area contributed by atoms with Crippen molar-refractivity contribution in [2.75, 3.05) is 19.6 Å². The van der Waals surface area contributed by atoms with E-state index in [1.54, 1.807) is 12.1 Å². The first-order valence-electron chi connectivity index (χ1n) is 9.15. The summed E-state index contributed by atoms with van der Waals surface area (Å²) in [6.45, 7) is 3.68. The zero-order valence-electron chi connectivity index (χ0n) is 15.2. The largest absolute Gasteiger partial charge is 0.335 e. The molecule has 1 amide bonds. The number of carbonyl (C=O) groups is 1. The van der Waals surface area contributed by atoms with Crippen molar-refractivity contribution in [3.05, 3.63) is 89.5 Å². The van der Waals surface area contributed by atoms with E-state index in [1.807, 2.05) is 65.2 Å². The summed E-state index contributed by atoms with van der Waals surface area (Å²) in [5, 5.41) is 3.33. The SMILES string of the molecule is Cc1cccc(C(=O)N2CCNC(c3ccccc3F)C2)c1-n1cccc1. The van der Waals surface area contributed by atoms with E-state index < -0.39 is 0 Å². The number of aryl methyl sites for hydroxylation is 1. The molecule has 5 heteroatoms. The number of nitrogens with zero attached hydrogens (tertiary/aromatic N) is 2. The van der Waals surface area contributed by atoms with Gasteiger partial charge < -0.3 is 14.8 Å². The molecule has 1 atom stereocenters. The van der Waals surface area contributed by atoms with Crippen LogP contribution in [-0.2, 0) is 0 Å². The molecule has 27 heavy (non-hydrogen) atoms. The Morgan fingerprint density at radius 3 is 2.63 bits per heavy atom. The maximum atomic E-state index is 14.2. The maximum Gasteiger partial charge on any atom is 0.256 e. The average Bonchev–Trinajstić information content (AvgIpc) is 3.22. The number of carbonyl (C=O) groups excluding carboxylic acids is 1. The van der Waals surface area contributed by atoms with Crippen molar-refractivity contribution < 1.29 is 9.18 Å². The third-order valence-corrected chi connectivity index (χ3v) is 5.07. The van der Waals surface area contributed by atoms with Gasteiger partial charge in [-0.05, 0) is 36.8 Å². The Morgan fingerprint density at radius 2 is 1.85 bits per heavy atom. The minimum atomic E-state index is -0.243. The minimum absolute atomic E-state index is 0.0229. The molecule has 1 aliphatic rings. The Balaban J connectivity index is 1.64. The molecule has 0 bridgehead atoms. The summed E-state index contributed by atoms with van der Waals surface area (Å²) < 4.78 is 16.2. The van der Waals surface area contributed by atoms with Gasteiger partial charge in [0.15, 0.2) is 0 Å². The van der Waals surface area contributed by atoms with Crippen LogP contribution in [0.25, 0.3) is 5.69 Å². The predicted octanol–water partition coefficient (Wildman–Crippen LogP) is 3.71. The van der Waals surface area contributed by atoms with Gasteiger partial charge in [-0.15, -0.1) is 0 Å². The lowest BCUT2D eigenvalue weighted by molar-refractivity contribution is 0.0701. The van der Waals surface area contributed by atoms with Crippen molar-refractivity contribution in [1.82, 2.24) is 14.8 Å². The number of piperazine rings is 1. The number of para-hydroxylation sites is 1. The highest BCUT2D eigenvalue weighted by molar-refractivity contribution is 5.98. The number of halogens is 1. The quantitative estimate of drug-likeness (QED) is 0.770. The molecule has 3 aromatic rings. The van der Waals surface area contributed by atoms with Gasteiger partial charge in [-0.1, -0.05) is 30.3 Å². The third kappa shape index (κ3) is 3.38. The minimum Gasteiger partial charge on any atom is -0.335 e. The number of benzene rings is 2. The van der Waals surface area contributed by atoms with Crippen LogP contribution in [0.4, 0.5) is 4.39 Å². The van der Waals surface area contributed by atoms with Crippen molar-refractivity contribution >= 4 is 5.91 Å². The molecule has 1 aromatic heterocycles. The van der Waals surface area contributed by atoms with Gasteiger partial charge in [-0.3, -0.25) is 4.79 Å². The van der Waals surface area contributed by atoms with E-state index in [1.165, 1.54) is 6.07 Å². The second-order valence-electron chi connectivity index (χ2n) is 6.84. The lowest BCUT2D eigenvalue weighted by Crippen LogP contribution is -2.48. The normalized spacial score (nSPS) is 17.1. The van der Waals surface area contributed by atoms with Gasteiger partial charge >= 0.3 is 0 Å². The molecule has 1 unspecified atom stereocenters. The van der Waals surface area contributed by atoms with Crippen molar-refractivity contribution in [2.24, 2.45) is 0 Å². The molecule has 4 nitrogen and oxygen atoms in total. The van der Waals surface area contributed by atoms with Crippen molar-refractivity contribution in [2.45, 2.75) is 13.0 Å². The molecule has 2 aromatic carbocycles. The summed E-state index contributed by atoms with van der Waals surface area (Å²) in [7, 11) is 0. The van der Waals surface area contributed by atoms with Gasteiger partial charge in [0.2, 0.25) is 0 Å². The van der Waals surface area contributed by atoms with Gasteiger partial charge in [0.25, 0.3) is 5.91 Å². The van der Waals surface area contributed by atoms with E-state index in [-0.39, 0.29) is 17.8 Å². The number of hydrogen-bond donors (Lipinski definition) is 1. The Morgan fingerprint density at radius 1 is 1.07 bits per heavy atom. The Hall–Kier alpha value is -2.92. The molecule has 1 N–H and O–H groups in total. The van der Waals surface area contributed by atoms with E-state index in [0.717, 1.165) is 11.3 Å². The van der Waals surface area contributed by atoms with Gasteiger partial charge in [-0.25, -0.2) is 4.39 Å². The fraction of sp³-hybridized carbons (Fsp3) is 0.227. The van der Waals surface area contributed by atoms with Gasteiger partial charge in [-0.2, -0.15) is 0 Å². The molecule has 4 rings (SSSR count). The molecule has 1 saturated heterocycles. The standard InChI is InChI=1S/C22H22FN3O/c1-16-7-6-9-18(21(16)25-12-4-5-13-25)22(27)26-14-11-24-20(15-26)17-8-2-3-10-19(17)23/h2-10,12-13,20,24H,11,14-15H2,1H3. The smallest absolute Gasteiger partial charge is 0.256 e. The average molecular weight is 363 g/mol. The summed E-state index contributed by atoms with van der Waals surface area (Å²) in [6, 6.07) is 16.2. The lowest BCUT2D eigenvalue weighted by Gasteiger charge is -2.34. The molecule has 0 spiro atoms. The molecular weight excluding hydrogens is 341 g/mol. The number of hydrogen-bond acceptors (Lipinski definition) is 2. The van der Waals surface area contributed by atoms with Gasteiger partial charge in [0.1, 0.15) is 5.82 Å². The first kappa shape index (κ1) is 17.5. The Bertz CT molecular complexity index is 952. The van der Waals surface area contributed by atoms with E-state index in [2.05, 4.69) is 5.32 Å². The second-order valence-corrected chi connectivity index (χ2v) is 6.84. The van der Waals surface area contributed by atoms with Crippen molar-refractivity contribution in [1.29, 1.82) is 0 Å². The maximum absolute atomic E-state index is 14.2. The van der Waals surface area contributed by atoms with Crippen LogP contribution in [0.3, 0.4) is 0 Å². The van der Waals surface area contributed by atoms with Crippen LogP contribution >= 0.6 is 0 Å². The van der Waals surface area contributed by atoms with Crippen molar-refractivity contribution in [3.8, 4) is 5.69 Å². The highest BCUT2D eigenvalue weighted by Gasteiger charge is 2.28. The zero-order chi connectivity index (χ0) is 18.8. The van der Waals surface area contributed by atoms with E-state index in [9.17, 15) is 9.18 Å². The molecule has 0 radical (unpaired) electrons. The molecule has 1 aliphatic heterocycles. The summed E-state index contributed by atoms with van der Waals surface area (Å²) in [5.74, 6) is -0.266. The zero-order valence-corrected chi connectivity index (χ0v) is 15.2. The van der Waals surface area contributed by atoms with E-state index >= 15 is 0 Å². The van der Waals surface area contributed by atoms with Gasteiger partial charge in [0, 0.05) is 37.6 Å². The van der Waals surface area contributed by atoms with Gasteiger partial charge in [0.05, 0.1) is 17.3 Å². The summed E-state index contributed by atoms with van der Waals surface area (Å²) in [6.07, 6.45) is 3.89. The number of aromatic nitrogens is 1. The summed E-state index contributed by atoms with van der Waals surface area (Å²) >= 11 is 0. The second kappa shape index (κ2) is 7.37. The number of nitrogens with one attached hydrogen (secondary N) is 1. The van der Waals surface area contributed by atoms with E-state index in [0.29, 0.717) is 30.8 Å². The first-order chi connectivity index (χ1) is 13.1. The van der Waals surface area contributed by atoms with E-state index in [4.69, 9.17) is 0 Å². The van der Waals surface area contributed by atoms with Crippen LogP contribution in [0.15, 0.2) is 67.0 Å². The first-order valence-corrected chi connectivity index (χ1v) is 9.15.